The Balaban J connectivity index is 1.57. The Hall–Kier alpha value is -1.82. The van der Waals surface area contributed by atoms with Crippen molar-refractivity contribution in [2.24, 2.45) is 13.0 Å². The highest BCUT2D eigenvalue weighted by Crippen LogP contribution is 2.28. The van der Waals surface area contributed by atoms with Crippen molar-refractivity contribution >= 4 is 17.7 Å². The van der Waals surface area contributed by atoms with Gasteiger partial charge in [-0.25, -0.2) is 0 Å². The third-order valence-electron chi connectivity index (χ3n) is 5.20. The first-order valence-electron chi connectivity index (χ1n) is 9.40. The second-order valence-electron chi connectivity index (χ2n) is 7.26. The Morgan fingerprint density at radius 1 is 1.31 bits per heavy atom. The third kappa shape index (κ3) is 4.67. The lowest BCUT2D eigenvalue weighted by atomic mass is 10.0. The van der Waals surface area contributed by atoms with Gasteiger partial charge in [0.1, 0.15) is 0 Å². The van der Waals surface area contributed by atoms with Gasteiger partial charge in [-0.2, -0.15) is 0 Å². The molecule has 1 atom stereocenters. The largest absolute Gasteiger partial charge is 0.346 e. The predicted octanol–water partition coefficient (Wildman–Crippen LogP) is 4.17. The zero-order chi connectivity index (χ0) is 18.5. The zero-order valence-corrected chi connectivity index (χ0v) is 16.7. The van der Waals surface area contributed by atoms with E-state index in [0.717, 1.165) is 16.7 Å². The molecule has 140 valence electrons. The average Bonchev–Trinajstić information content (AvgIpc) is 3.24. The van der Waals surface area contributed by atoms with Crippen molar-refractivity contribution < 1.29 is 4.79 Å². The van der Waals surface area contributed by atoms with Crippen molar-refractivity contribution in [3.05, 3.63) is 41.2 Å². The summed E-state index contributed by atoms with van der Waals surface area (Å²) in [6, 6.07) is 8.26. The molecule has 1 aliphatic rings. The Morgan fingerprint density at radius 2 is 2.04 bits per heavy atom. The number of nitrogens with one attached hydrogen (secondary N) is 1. The van der Waals surface area contributed by atoms with E-state index in [1.165, 1.54) is 36.8 Å². The van der Waals surface area contributed by atoms with Crippen molar-refractivity contribution in [2.45, 2.75) is 62.9 Å². The summed E-state index contributed by atoms with van der Waals surface area (Å²) in [5.74, 6) is 2.35. The van der Waals surface area contributed by atoms with Crippen LogP contribution < -0.4 is 5.32 Å². The lowest BCUT2D eigenvalue weighted by molar-refractivity contribution is -0.122. The van der Waals surface area contributed by atoms with E-state index in [1.54, 1.807) is 11.8 Å². The Kier molecular flexibility index (Phi) is 6.35. The molecule has 1 aromatic carbocycles. The van der Waals surface area contributed by atoms with Gasteiger partial charge in [0.25, 0.3) is 0 Å². The van der Waals surface area contributed by atoms with E-state index in [9.17, 15) is 4.79 Å². The molecule has 26 heavy (non-hydrogen) atoms. The Morgan fingerprint density at radius 3 is 2.77 bits per heavy atom. The molecule has 1 unspecified atom stereocenters. The molecule has 1 aliphatic carbocycles. The number of nitrogens with zero attached hydrogens (tertiary/aromatic N) is 3. The van der Waals surface area contributed by atoms with Crippen LogP contribution in [0.4, 0.5) is 0 Å². The van der Waals surface area contributed by atoms with Crippen molar-refractivity contribution in [3.63, 3.8) is 0 Å². The molecule has 1 heterocycles. The van der Waals surface area contributed by atoms with Gasteiger partial charge in [0.15, 0.2) is 11.0 Å². The number of benzene rings is 1. The minimum absolute atomic E-state index is 0.126. The first kappa shape index (κ1) is 19.0. The molecule has 0 spiro atoms. The van der Waals surface area contributed by atoms with E-state index in [4.69, 9.17) is 0 Å². The Bertz CT molecular complexity index is 752. The number of thioether (sulfide) groups is 1. The van der Waals surface area contributed by atoms with Gasteiger partial charge in [0, 0.05) is 19.2 Å². The zero-order valence-electron chi connectivity index (χ0n) is 15.9. The maximum absolute atomic E-state index is 12.3. The summed E-state index contributed by atoms with van der Waals surface area (Å²) in [6.45, 7) is 4.10. The Labute approximate surface area is 160 Å². The monoisotopic (exact) mass is 372 g/mol. The minimum Gasteiger partial charge on any atom is -0.346 e. The second kappa shape index (κ2) is 8.71. The highest BCUT2D eigenvalue weighted by Gasteiger charge is 2.22. The molecule has 0 radical (unpaired) electrons. The van der Waals surface area contributed by atoms with Crippen molar-refractivity contribution in [1.82, 2.24) is 20.1 Å². The van der Waals surface area contributed by atoms with Crippen LogP contribution in [-0.4, -0.2) is 20.7 Å². The summed E-state index contributed by atoms with van der Waals surface area (Å²) in [5.41, 5.74) is 2.59. The number of amides is 1. The fourth-order valence-electron chi connectivity index (χ4n) is 3.58. The van der Waals surface area contributed by atoms with Crippen LogP contribution >= 0.6 is 11.8 Å². The molecular formula is C20H28N4OS. The van der Waals surface area contributed by atoms with E-state index >= 15 is 0 Å². The molecule has 1 saturated carbocycles. The molecule has 0 bridgehead atoms. The van der Waals surface area contributed by atoms with Crippen molar-refractivity contribution in [3.8, 4) is 0 Å². The molecule has 0 aliphatic heterocycles. The number of rotatable bonds is 7. The second-order valence-corrected chi connectivity index (χ2v) is 8.20. The summed E-state index contributed by atoms with van der Waals surface area (Å²) in [6.07, 6.45) is 5.53. The van der Waals surface area contributed by atoms with Gasteiger partial charge in [-0.1, -0.05) is 48.9 Å². The van der Waals surface area contributed by atoms with E-state index in [2.05, 4.69) is 46.7 Å². The fourth-order valence-corrected chi connectivity index (χ4v) is 4.58. The van der Waals surface area contributed by atoms with Crippen LogP contribution in [0.2, 0.25) is 0 Å². The normalized spacial score (nSPS) is 16.0. The van der Waals surface area contributed by atoms with Crippen LogP contribution in [0.5, 0.6) is 0 Å². The van der Waals surface area contributed by atoms with Gasteiger partial charge in [0.05, 0.1) is 6.04 Å². The summed E-state index contributed by atoms with van der Waals surface area (Å²) in [7, 11) is 1.97. The molecular weight excluding hydrogens is 344 g/mol. The topological polar surface area (TPSA) is 59.8 Å². The van der Waals surface area contributed by atoms with Gasteiger partial charge in [0.2, 0.25) is 5.91 Å². The molecule has 1 aromatic heterocycles. The molecule has 5 nitrogen and oxygen atoms in total. The first-order valence-corrected chi connectivity index (χ1v) is 10.4. The average molecular weight is 373 g/mol. The number of hydrogen-bond donors (Lipinski definition) is 1. The molecule has 1 amide bonds. The number of aryl methyl sites for hydroxylation is 1. The van der Waals surface area contributed by atoms with Gasteiger partial charge in [-0.05, 0) is 43.7 Å². The molecule has 1 fully saturated rings. The summed E-state index contributed by atoms with van der Waals surface area (Å²) < 4.78 is 1.99. The lowest BCUT2D eigenvalue weighted by Crippen LogP contribution is -2.29. The van der Waals surface area contributed by atoms with E-state index in [-0.39, 0.29) is 11.9 Å². The van der Waals surface area contributed by atoms with E-state index in [1.807, 2.05) is 18.5 Å². The van der Waals surface area contributed by atoms with Crippen molar-refractivity contribution in [2.75, 3.05) is 0 Å². The fraction of sp³-hybridized carbons (Fsp3) is 0.550. The molecule has 2 aromatic rings. The highest BCUT2D eigenvalue weighted by atomic mass is 32.2. The standard InChI is InChI=1S/C20H28N4OS/c1-14-8-4-7-11-17(14)13-26-20-23-22-19(24(20)3)15(2)21-18(25)12-16-9-5-6-10-16/h4,7-8,11,15-16H,5-6,9-10,12-13H2,1-3H3,(H,21,25). The third-order valence-corrected chi connectivity index (χ3v) is 6.27. The van der Waals surface area contributed by atoms with Gasteiger partial charge in [-0.15, -0.1) is 10.2 Å². The number of carbonyl (C=O) groups excluding carboxylic acids is 1. The molecule has 1 N–H and O–H groups in total. The number of carbonyl (C=O) groups is 1. The van der Waals surface area contributed by atoms with Gasteiger partial charge >= 0.3 is 0 Å². The highest BCUT2D eigenvalue weighted by molar-refractivity contribution is 7.98. The lowest BCUT2D eigenvalue weighted by Gasteiger charge is -2.15. The summed E-state index contributed by atoms with van der Waals surface area (Å²) >= 11 is 1.67. The summed E-state index contributed by atoms with van der Waals surface area (Å²) in [5, 5.41) is 12.6. The number of aromatic nitrogens is 3. The SMILES string of the molecule is Cc1ccccc1CSc1nnc(C(C)NC(=O)CC2CCCC2)n1C. The maximum atomic E-state index is 12.3. The molecule has 0 saturated heterocycles. The first-order chi connectivity index (χ1) is 12.5. The van der Waals surface area contributed by atoms with E-state index < -0.39 is 0 Å². The van der Waals surface area contributed by atoms with Gasteiger partial charge in [-0.3, -0.25) is 4.79 Å². The van der Waals surface area contributed by atoms with Crippen LogP contribution in [0, 0.1) is 12.8 Å². The van der Waals surface area contributed by atoms with E-state index in [0.29, 0.717) is 12.3 Å². The summed E-state index contributed by atoms with van der Waals surface area (Å²) in [4.78, 5) is 12.3. The number of hydrogen-bond acceptors (Lipinski definition) is 4. The van der Waals surface area contributed by atoms with Crippen LogP contribution in [-0.2, 0) is 17.6 Å². The molecule has 6 heteroatoms. The van der Waals surface area contributed by atoms with Crippen molar-refractivity contribution in [1.29, 1.82) is 0 Å². The van der Waals surface area contributed by atoms with Gasteiger partial charge < -0.3 is 9.88 Å². The van der Waals surface area contributed by atoms with Crippen LogP contribution in [0.1, 0.15) is 62.0 Å². The smallest absolute Gasteiger partial charge is 0.220 e. The molecule has 3 rings (SSSR count). The maximum Gasteiger partial charge on any atom is 0.220 e. The quantitative estimate of drug-likeness (QED) is 0.741. The minimum atomic E-state index is -0.130. The van der Waals surface area contributed by atoms with Crippen LogP contribution in [0.3, 0.4) is 0 Å². The predicted molar refractivity (Wildman–Crippen MR) is 105 cm³/mol. The van der Waals surface area contributed by atoms with Crippen LogP contribution in [0.15, 0.2) is 29.4 Å². The van der Waals surface area contributed by atoms with Crippen LogP contribution in [0.25, 0.3) is 0 Å².